The molecule has 1 heterocycles. The van der Waals surface area contributed by atoms with Crippen molar-refractivity contribution in [1.29, 1.82) is 0 Å². The topological polar surface area (TPSA) is 118 Å². The molecule has 3 amide bonds. The number of carboxylic acid groups (broad SMARTS) is 1. The maximum atomic E-state index is 10.9. The lowest BCUT2D eigenvalue weighted by Gasteiger charge is -2.18. The van der Waals surface area contributed by atoms with Crippen LogP contribution in [0.4, 0.5) is 0 Å². The molecule has 1 aliphatic rings. The number of rotatable bonds is 6. The van der Waals surface area contributed by atoms with E-state index in [1.54, 1.807) is 0 Å². The molecule has 1 aliphatic heterocycles. The first-order valence-corrected chi connectivity index (χ1v) is 6.37. The molecule has 1 atom stereocenters. The zero-order valence-corrected chi connectivity index (χ0v) is 11.7. The first-order valence-electron chi connectivity index (χ1n) is 6.37. The fraction of sp³-hybridized carbons (Fsp3) is 0.538. The second-order valence-electron chi connectivity index (χ2n) is 4.31. The second kappa shape index (κ2) is 8.84. The summed E-state index contributed by atoms with van der Waals surface area (Å²) in [4.78, 5) is 43.2. The summed E-state index contributed by atoms with van der Waals surface area (Å²) < 4.78 is 0. The van der Waals surface area contributed by atoms with Gasteiger partial charge in [0, 0.05) is 18.6 Å². The van der Waals surface area contributed by atoms with Crippen molar-refractivity contribution in [1.82, 2.24) is 4.90 Å². The summed E-state index contributed by atoms with van der Waals surface area (Å²) in [5, 5.41) is 8.14. The van der Waals surface area contributed by atoms with Gasteiger partial charge in [-0.25, -0.2) is 0 Å². The van der Waals surface area contributed by atoms with Crippen LogP contribution in [-0.4, -0.2) is 39.7 Å². The van der Waals surface area contributed by atoms with E-state index in [1.807, 2.05) is 0 Å². The molecular formula is C13H20N2O5. The van der Waals surface area contributed by atoms with Crippen molar-refractivity contribution >= 4 is 23.7 Å². The fourth-order valence-electron chi connectivity index (χ4n) is 1.45. The van der Waals surface area contributed by atoms with Gasteiger partial charge in [0.05, 0.1) is 0 Å². The first-order chi connectivity index (χ1) is 9.31. The van der Waals surface area contributed by atoms with Crippen LogP contribution in [0.15, 0.2) is 12.2 Å². The van der Waals surface area contributed by atoms with E-state index in [2.05, 4.69) is 6.92 Å². The Morgan fingerprint density at radius 2 is 1.75 bits per heavy atom. The third-order valence-electron chi connectivity index (χ3n) is 2.64. The van der Waals surface area contributed by atoms with E-state index in [9.17, 15) is 19.2 Å². The normalized spacial score (nSPS) is 14.8. The smallest absolute Gasteiger partial charge is 0.303 e. The lowest BCUT2D eigenvalue weighted by Crippen LogP contribution is -2.45. The van der Waals surface area contributed by atoms with Crippen molar-refractivity contribution in [2.75, 3.05) is 0 Å². The lowest BCUT2D eigenvalue weighted by atomic mass is 10.2. The van der Waals surface area contributed by atoms with Crippen molar-refractivity contribution in [2.45, 2.75) is 45.6 Å². The van der Waals surface area contributed by atoms with Gasteiger partial charge >= 0.3 is 5.97 Å². The van der Waals surface area contributed by atoms with Crippen molar-refractivity contribution < 1.29 is 24.3 Å². The lowest BCUT2D eigenvalue weighted by molar-refractivity contribution is -0.143. The molecule has 20 heavy (non-hydrogen) atoms. The summed E-state index contributed by atoms with van der Waals surface area (Å²) in [6.45, 7) is 3.47. The van der Waals surface area contributed by atoms with Gasteiger partial charge in [-0.1, -0.05) is 19.8 Å². The molecule has 0 saturated heterocycles. The summed E-state index contributed by atoms with van der Waals surface area (Å²) in [6.07, 6.45) is 5.50. The maximum Gasteiger partial charge on any atom is 0.303 e. The van der Waals surface area contributed by atoms with E-state index >= 15 is 0 Å². The molecule has 0 bridgehead atoms. The Labute approximate surface area is 117 Å². The number of hydrogen-bond acceptors (Lipinski definition) is 4. The van der Waals surface area contributed by atoms with Crippen LogP contribution in [0.3, 0.4) is 0 Å². The highest BCUT2D eigenvalue weighted by molar-refractivity contribution is 6.14. The number of imide groups is 1. The van der Waals surface area contributed by atoms with Crippen LogP contribution in [0.1, 0.15) is 39.5 Å². The van der Waals surface area contributed by atoms with Crippen LogP contribution in [0, 0.1) is 0 Å². The van der Waals surface area contributed by atoms with Crippen LogP contribution in [0.5, 0.6) is 0 Å². The number of amides is 3. The fourth-order valence-corrected chi connectivity index (χ4v) is 1.45. The second-order valence-corrected chi connectivity index (χ2v) is 4.31. The summed E-state index contributed by atoms with van der Waals surface area (Å²) >= 11 is 0. The predicted octanol–water partition coefficient (Wildman–Crippen LogP) is 0.437. The molecule has 3 N–H and O–H groups in total. The average molecular weight is 284 g/mol. The molecule has 0 spiro atoms. The molecule has 112 valence electrons. The maximum absolute atomic E-state index is 10.9. The number of carbonyl (C=O) groups is 4. The van der Waals surface area contributed by atoms with Gasteiger partial charge in [-0.3, -0.25) is 24.1 Å². The monoisotopic (exact) mass is 284 g/mol. The van der Waals surface area contributed by atoms with E-state index < -0.39 is 29.7 Å². The van der Waals surface area contributed by atoms with Gasteiger partial charge in [0.25, 0.3) is 11.8 Å². The van der Waals surface area contributed by atoms with Gasteiger partial charge in [-0.05, 0) is 13.3 Å². The van der Waals surface area contributed by atoms with E-state index in [0.29, 0.717) is 6.42 Å². The van der Waals surface area contributed by atoms with Crippen LogP contribution in [-0.2, 0) is 19.2 Å². The number of carbonyl (C=O) groups excluding carboxylic acids is 3. The first kappa shape index (κ1) is 17.8. The standard InChI is InChI=1S/C7H8N2O3.C6H12O2/c1-4(7(8)12)9-5(10)2-3-6(9)11;1-2-3-4-5-6(7)8/h2-4H,1H3,(H2,8,12);2-5H2,1H3,(H,7,8). The van der Waals surface area contributed by atoms with Gasteiger partial charge in [0.15, 0.2) is 0 Å². The molecule has 0 aliphatic carbocycles. The highest BCUT2D eigenvalue weighted by atomic mass is 16.4. The molecule has 7 heteroatoms. The van der Waals surface area contributed by atoms with Crippen molar-refractivity contribution in [3.63, 3.8) is 0 Å². The summed E-state index contributed by atoms with van der Waals surface area (Å²) in [6, 6.07) is -0.875. The molecular weight excluding hydrogens is 264 g/mol. The van der Waals surface area contributed by atoms with Crippen LogP contribution < -0.4 is 5.73 Å². The third kappa shape index (κ3) is 6.12. The highest BCUT2D eigenvalue weighted by Gasteiger charge is 2.31. The Kier molecular flexibility index (Phi) is 7.88. The number of carboxylic acids is 1. The summed E-state index contributed by atoms with van der Waals surface area (Å²) in [5.41, 5.74) is 4.93. The van der Waals surface area contributed by atoms with Crippen molar-refractivity contribution in [3.8, 4) is 0 Å². The molecule has 7 nitrogen and oxygen atoms in total. The number of nitrogens with zero attached hydrogens (tertiary/aromatic N) is 1. The minimum Gasteiger partial charge on any atom is -0.481 e. The average Bonchev–Trinajstić information content (AvgIpc) is 2.69. The van der Waals surface area contributed by atoms with Crippen LogP contribution in [0.25, 0.3) is 0 Å². The summed E-state index contributed by atoms with van der Waals surface area (Å²) in [7, 11) is 0. The predicted molar refractivity (Wildman–Crippen MR) is 71.4 cm³/mol. The summed E-state index contributed by atoms with van der Waals surface area (Å²) in [5.74, 6) is -2.36. The van der Waals surface area contributed by atoms with E-state index in [0.717, 1.165) is 36.3 Å². The Morgan fingerprint density at radius 1 is 1.25 bits per heavy atom. The molecule has 0 saturated carbocycles. The highest BCUT2D eigenvalue weighted by Crippen LogP contribution is 2.07. The van der Waals surface area contributed by atoms with Gasteiger partial charge in [0.1, 0.15) is 6.04 Å². The Bertz CT molecular complexity index is 399. The van der Waals surface area contributed by atoms with Crippen LogP contribution in [0.2, 0.25) is 0 Å². The zero-order chi connectivity index (χ0) is 15.7. The van der Waals surface area contributed by atoms with Gasteiger partial charge in [-0.15, -0.1) is 0 Å². The minimum absolute atomic E-state index is 0.327. The van der Waals surface area contributed by atoms with Crippen molar-refractivity contribution in [2.24, 2.45) is 5.73 Å². The van der Waals surface area contributed by atoms with Crippen molar-refractivity contribution in [3.05, 3.63) is 12.2 Å². The van der Waals surface area contributed by atoms with Gasteiger partial charge < -0.3 is 10.8 Å². The molecule has 0 aromatic rings. The number of primary amides is 1. The molecule has 0 fully saturated rings. The quantitative estimate of drug-likeness (QED) is 0.542. The zero-order valence-electron chi connectivity index (χ0n) is 11.7. The Hall–Kier alpha value is -2.18. The molecule has 0 aromatic heterocycles. The minimum atomic E-state index is -0.875. The van der Waals surface area contributed by atoms with E-state index in [-0.39, 0.29) is 0 Å². The number of aliphatic carboxylic acids is 1. The SMILES string of the molecule is CC(C(N)=O)N1C(=O)C=CC1=O.CCCCCC(=O)O. The largest absolute Gasteiger partial charge is 0.481 e. The number of hydrogen-bond donors (Lipinski definition) is 2. The molecule has 0 aromatic carbocycles. The Balaban J connectivity index is 0.000000396. The van der Waals surface area contributed by atoms with Gasteiger partial charge in [-0.2, -0.15) is 0 Å². The van der Waals surface area contributed by atoms with E-state index in [1.165, 1.54) is 6.92 Å². The third-order valence-corrected chi connectivity index (χ3v) is 2.64. The molecule has 1 rings (SSSR count). The number of nitrogens with two attached hydrogens (primary N) is 1. The molecule has 0 radical (unpaired) electrons. The number of unbranched alkanes of at least 4 members (excludes halogenated alkanes) is 2. The molecule has 1 unspecified atom stereocenters. The van der Waals surface area contributed by atoms with Crippen LogP contribution >= 0.6 is 0 Å². The van der Waals surface area contributed by atoms with E-state index in [4.69, 9.17) is 10.8 Å². The Morgan fingerprint density at radius 3 is 2.10 bits per heavy atom. The van der Waals surface area contributed by atoms with Gasteiger partial charge in [0.2, 0.25) is 5.91 Å².